The van der Waals surface area contributed by atoms with Gasteiger partial charge in [0.15, 0.2) is 22.6 Å². The smallest absolute Gasteiger partial charge is 0.261 e. The van der Waals surface area contributed by atoms with Gasteiger partial charge in [0.2, 0.25) is 5.91 Å². The molecule has 32 heavy (non-hydrogen) atoms. The summed E-state index contributed by atoms with van der Waals surface area (Å²) in [5.41, 5.74) is -0.511. The van der Waals surface area contributed by atoms with Gasteiger partial charge >= 0.3 is 0 Å². The lowest BCUT2D eigenvalue weighted by molar-refractivity contribution is -0.116. The van der Waals surface area contributed by atoms with Crippen LogP contribution < -0.4 is 10.9 Å². The third-order valence-electron chi connectivity index (χ3n) is 4.66. The first-order valence-electron chi connectivity index (χ1n) is 9.37. The molecule has 1 amide bonds. The van der Waals surface area contributed by atoms with Crippen LogP contribution in [-0.2, 0) is 24.1 Å². The number of benzene rings is 2. The van der Waals surface area contributed by atoms with E-state index in [1.54, 1.807) is 41.2 Å². The van der Waals surface area contributed by atoms with E-state index < -0.39 is 41.2 Å². The van der Waals surface area contributed by atoms with Gasteiger partial charge in [0.25, 0.3) is 5.56 Å². The van der Waals surface area contributed by atoms with Gasteiger partial charge in [0.05, 0.1) is 22.3 Å². The fourth-order valence-electron chi connectivity index (χ4n) is 3.06. The number of anilines is 1. The third-order valence-corrected chi connectivity index (χ3v) is 5.71. The van der Waals surface area contributed by atoms with Crippen molar-refractivity contribution in [2.75, 3.05) is 5.32 Å². The molecule has 0 aliphatic rings. The topological polar surface area (TPSA) is 81.8 Å². The van der Waals surface area contributed by atoms with Crippen molar-refractivity contribution in [1.29, 1.82) is 0 Å². The van der Waals surface area contributed by atoms with E-state index in [0.29, 0.717) is 28.0 Å². The number of aryl methyl sites for hydroxylation is 1. The predicted molar refractivity (Wildman–Crippen MR) is 114 cm³/mol. The van der Waals surface area contributed by atoms with Crippen LogP contribution in [0.1, 0.15) is 5.82 Å². The Bertz CT molecular complexity index is 1390. The SMILES string of the molecule is Cn1ccnc1SCc1nc2ccccc2c(=O)n1CC(=O)Nc1ccc(F)c(F)c1F. The highest BCUT2D eigenvalue weighted by molar-refractivity contribution is 7.98. The van der Waals surface area contributed by atoms with Gasteiger partial charge in [-0.05, 0) is 24.3 Å². The molecule has 4 aromatic rings. The van der Waals surface area contributed by atoms with Gasteiger partial charge in [0.1, 0.15) is 12.4 Å². The number of nitrogens with one attached hydrogen (secondary N) is 1. The Balaban J connectivity index is 1.66. The number of carbonyl (C=O) groups is 1. The molecule has 2 aromatic heterocycles. The monoisotopic (exact) mass is 459 g/mol. The van der Waals surface area contributed by atoms with Crippen LogP contribution in [0.3, 0.4) is 0 Å². The molecule has 0 radical (unpaired) electrons. The second kappa shape index (κ2) is 8.87. The van der Waals surface area contributed by atoms with Crippen molar-refractivity contribution in [2.45, 2.75) is 17.5 Å². The number of aromatic nitrogens is 4. The van der Waals surface area contributed by atoms with E-state index in [-0.39, 0.29) is 5.75 Å². The van der Waals surface area contributed by atoms with Crippen LogP contribution in [0.25, 0.3) is 10.9 Å². The number of amides is 1. The van der Waals surface area contributed by atoms with Crippen LogP contribution >= 0.6 is 11.8 Å². The molecule has 0 aliphatic carbocycles. The largest absolute Gasteiger partial charge is 0.329 e. The summed E-state index contributed by atoms with van der Waals surface area (Å²) in [6.07, 6.45) is 3.40. The number of nitrogens with zero attached hydrogens (tertiary/aromatic N) is 4. The number of rotatable bonds is 6. The van der Waals surface area contributed by atoms with E-state index in [2.05, 4.69) is 15.3 Å². The quantitative estimate of drug-likeness (QED) is 0.353. The van der Waals surface area contributed by atoms with Crippen LogP contribution in [-0.4, -0.2) is 25.0 Å². The zero-order valence-electron chi connectivity index (χ0n) is 16.7. The molecule has 0 spiro atoms. The standard InChI is InChI=1S/C21H16F3N5O2S/c1-28-9-8-25-21(28)32-11-16-26-14-5-3-2-4-12(14)20(31)29(16)10-17(30)27-15-7-6-13(22)18(23)19(15)24/h2-9H,10-11H2,1H3,(H,27,30). The Labute approximate surface area is 183 Å². The van der Waals surface area contributed by atoms with E-state index >= 15 is 0 Å². The summed E-state index contributed by atoms with van der Waals surface area (Å²) in [5, 5.41) is 3.17. The average molecular weight is 459 g/mol. The van der Waals surface area contributed by atoms with Crippen LogP contribution in [0.4, 0.5) is 18.9 Å². The van der Waals surface area contributed by atoms with Crippen LogP contribution in [0.15, 0.2) is 58.7 Å². The Morgan fingerprint density at radius 1 is 1.12 bits per heavy atom. The molecule has 0 aliphatic heterocycles. The summed E-state index contributed by atoms with van der Waals surface area (Å²) in [6.45, 7) is -0.494. The summed E-state index contributed by atoms with van der Waals surface area (Å²) in [7, 11) is 1.82. The summed E-state index contributed by atoms with van der Waals surface area (Å²) in [6, 6.07) is 8.30. The molecule has 0 fully saturated rings. The average Bonchev–Trinajstić information content (AvgIpc) is 3.19. The predicted octanol–water partition coefficient (Wildman–Crippen LogP) is 3.48. The summed E-state index contributed by atoms with van der Waals surface area (Å²) >= 11 is 1.32. The number of hydrogen-bond donors (Lipinski definition) is 1. The summed E-state index contributed by atoms with van der Waals surface area (Å²) in [5.74, 6) is -4.84. The highest BCUT2D eigenvalue weighted by Crippen LogP contribution is 2.22. The van der Waals surface area contributed by atoms with Gasteiger partial charge in [-0.2, -0.15) is 0 Å². The molecule has 4 rings (SSSR count). The maximum Gasteiger partial charge on any atom is 0.261 e. The maximum absolute atomic E-state index is 13.9. The molecule has 0 saturated carbocycles. The van der Waals surface area contributed by atoms with Crippen LogP contribution in [0.2, 0.25) is 0 Å². The number of carbonyl (C=O) groups excluding carboxylic acids is 1. The molecular weight excluding hydrogens is 443 g/mol. The minimum absolute atomic E-state index is 0.234. The van der Waals surface area contributed by atoms with Gasteiger partial charge in [-0.25, -0.2) is 23.1 Å². The molecule has 1 N–H and O–H groups in total. The molecular formula is C21H16F3N5O2S. The summed E-state index contributed by atoms with van der Waals surface area (Å²) in [4.78, 5) is 34.3. The van der Waals surface area contributed by atoms with E-state index in [4.69, 9.17) is 0 Å². The van der Waals surface area contributed by atoms with E-state index in [0.717, 1.165) is 6.07 Å². The molecule has 2 heterocycles. The van der Waals surface area contributed by atoms with Crippen molar-refractivity contribution >= 4 is 34.3 Å². The molecule has 0 saturated heterocycles. The van der Waals surface area contributed by atoms with Crippen molar-refractivity contribution in [1.82, 2.24) is 19.1 Å². The van der Waals surface area contributed by atoms with Crippen LogP contribution in [0.5, 0.6) is 0 Å². The van der Waals surface area contributed by atoms with E-state index in [9.17, 15) is 22.8 Å². The highest BCUT2D eigenvalue weighted by Gasteiger charge is 2.18. The minimum atomic E-state index is -1.69. The van der Waals surface area contributed by atoms with Gasteiger partial charge in [-0.15, -0.1) is 0 Å². The molecule has 164 valence electrons. The number of para-hydroxylation sites is 1. The zero-order chi connectivity index (χ0) is 22.8. The van der Waals surface area contributed by atoms with Gasteiger partial charge < -0.3 is 9.88 Å². The van der Waals surface area contributed by atoms with Crippen molar-refractivity contribution in [3.8, 4) is 0 Å². The molecule has 11 heteroatoms. The fraction of sp³-hybridized carbons (Fsp3) is 0.143. The van der Waals surface area contributed by atoms with Crippen molar-refractivity contribution in [3.05, 3.63) is 82.4 Å². The molecule has 0 atom stereocenters. The lowest BCUT2D eigenvalue weighted by Gasteiger charge is -2.14. The van der Waals surface area contributed by atoms with E-state index in [1.807, 2.05) is 7.05 Å². The Morgan fingerprint density at radius 2 is 1.91 bits per heavy atom. The van der Waals surface area contributed by atoms with Crippen molar-refractivity contribution in [3.63, 3.8) is 0 Å². The first kappa shape index (κ1) is 21.6. The molecule has 7 nitrogen and oxygen atoms in total. The molecule has 2 aromatic carbocycles. The van der Waals surface area contributed by atoms with Gasteiger partial charge in [-0.3, -0.25) is 14.2 Å². The lowest BCUT2D eigenvalue weighted by atomic mass is 10.2. The Hall–Kier alpha value is -3.60. The first-order valence-corrected chi connectivity index (χ1v) is 10.4. The Morgan fingerprint density at radius 3 is 2.66 bits per heavy atom. The van der Waals surface area contributed by atoms with E-state index in [1.165, 1.54) is 16.3 Å². The number of halogens is 3. The van der Waals surface area contributed by atoms with Gasteiger partial charge in [-0.1, -0.05) is 23.9 Å². The minimum Gasteiger partial charge on any atom is -0.329 e. The molecule has 0 bridgehead atoms. The number of imidazole rings is 1. The molecule has 0 unspecified atom stereocenters. The number of thioether (sulfide) groups is 1. The third kappa shape index (κ3) is 4.24. The zero-order valence-corrected chi connectivity index (χ0v) is 17.5. The van der Waals surface area contributed by atoms with Crippen LogP contribution in [0, 0.1) is 17.5 Å². The second-order valence-corrected chi connectivity index (χ2v) is 7.76. The van der Waals surface area contributed by atoms with Crippen molar-refractivity contribution < 1.29 is 18.0 Å². The first-order chi connectivity index (χ1) is 15.3. The second-order valence-electron chi connectivity index (χ2n) is 6.82. The lowest BCUT2D eigenvalue weighted by Crippen LogP contribution is -2.31. The van der Waals surface area contributed by atoms with Gasteiger partial charge in [0, 0.05) is 19.4 Å². The summed E-state index contributed by atoms with van der Waals surface area (Å²) < 4.78 is 43.5. The Kier molecular flexibility index (Phi) is 5.99. The number of hydrogen-bond acceptors (Lipinski definition) is 5. The highest BCUT2D eigenvalue weighted by atomic mass is 32.2. The van der Waals surface area contributed by atoms with Crippen molar-refractivity contribution in [2.24, 2.45) is 7.05 Å². The fourth-order valence-corrected chi connectivity index (χ4v) is 3.94. The maximum atomic E-state index is 13.9. The number of fused-ring (bicyclic) bond motifs is 1. The normalized spacial score (nSPS) is 11.1.